The first kappa shape index (κ1) is 11.4. The van der Waals surface area contributed by atoms with Crippen LogP contribution in [-0.4, -0.2) is 4.98 Å². The quantitative estimate of drug-likeness (QED) is 0.778. The van der Waals surface area contributed by atoms with Gasteiger partial charge < -0.3 is 9.73 Å². The molecule has 2 aromatic heterocycles. The second-order valence-electron chi connectivity index (χ2n) is 4.22. The Morgan fingerprint density at radius 1 is 1.28 bits per heavy atom. The molecule has 0 aliphatic carbocycles. The number of furan rings is 1. The van der Waals surface area contributed by atoms with Gasteiger partial charge in [0.25, 0.3) is 0 Å². The summed E-state index contributed by atoms with van der Waals surface area (Å²) >= 11 is 1.69. The third-order valence-corrected chi connectivity index (χ3v) is 3.67. The van der Waals surface area contributed by atoms with Crippen LogP contribution in [0.25, 0.3) is 11.0 Å². The number of aryl methyl sites for hydroxylation is 1. The van der Waals surface area contributed by atoms with E-state index in [0.29, 0.717) is 0 Å². The van der Waals surface area contributed by atoms with Crippen LogP contribution in [0.4, 0.5) is 0 Å². The first-order valence-corrected chi connectivity index (χ1v) is 6.78. The zero-order valence-corrected chi connectivity index (χ0v) is 11.0. The predicted molar refractivity (Wildman–Crippen MR) is 73.6 cm³/mol. The Labute approximate surface area is 109 Å². The molecule has 0 aliphatic heterocycles. The van der Waals surface area contributed by atoms with Gasteiger partial charge in [0, 0.05) is 29.4 Å². The topological polar surface area (TPSA) is 38.1 Å². The Balaban J connectivity index is 1.66. The van der Waals surface area contributed by atoms with Crippen molar-refractivity contribution in [1.82, 2.24) is 10.3 Å². The Morgan fingerprint density at radius 3 is 3.00 bits per heavy atom. The molecule has 0 saturated carbocycles. The van der Waals surface area contributed by atoms with Crippen LogP contribution in [0.2, 0.25) is 0 Å². The maximum absolute atomic E-state index is 5.50. The van der Waals surface area contributed by atoms with Gasteiger partial charge in [0.1, 0.15) is 5.58 Å². The van der Waals surface area contributed by atoms with E-state index in [1.807, 2.05) is 31.4 Å². The van der Waals surface area contributed by atoms with Crippen molar-refractivity contribution in [1.29, 1.82) is 0 Å². The molecule has 0 aliphatic rings. The molecule has 0 unspecified atom stereocenters. The summed E-state index contributed by atoms with van der Waals surface area (Å²) in [4.78, 5) is 4.42. The highest BCUT2D eigenvalue weighted by atomic mass is 32.1. The number of para-hydroxylation sites is 1. The molecule has 0 spiro atoms. The van der Waals surface area contributed by atoms with Gasteiger partial charge in [0.05, 0.1) is 17.0 Å². The second-order valence-corrected chi connectivity index (χ2v) is 5.28. The van der Waals surface area contributed by atoms with Crippen molar-refractivity contribution in [2.75, 3.05) is 0 Å². The molecule has 2 heterocycles. The van der Waals surface area contributed by atoms with Crippen molar-refractivity contribution in [3.05, 3.63) is 52.2 Å². The summed E-state index contributed by atoms with van der Waals surface area (Å²) in [6.07, 6.45) is 1.82. The molecule has 18 heavy (non-hydrogen) atoms. The normalized spacial score (nSPS) is 11.2. The molecule has 3 rings (SSSR count). The molecule has 0 atom stereocenters. The molecule has 1 N–H and O–H groups in total. The monoisotopic (exact) mass is 258 g/mol. The van der Waals surface area contributed by atoms with Crippen LogP contribution >= 0.6 is 11.3 Å². The predicted octanol–water partition coefficient (Wildman–Crippen LogP) is 3.49. The molecule has 1 aromatic carbocycles. The molecular formula is C14H14N2OS. The van der Waals surface area contributed by atoms with Crippen molar-refractivity contribution in [2.45, 2.75) is 20.0 Å². The highest BCUT2D eigenvalue weighted by Gasteiger charge is 2.04. The maximum Gasteiger partial charge on any atom is 0.134 e. The second kappa shape index (κ2) is 4.92. The molecule has 0 bridgehead atoms. The van der Waals surface area contributed by atoms with Crippen molar-refractivity contribution in [3.8, 4) is 0 Å². The molecule has 3 aromatic rings. The van der Waals surface area contributed by atoms with Crippen LogP contribution in [0.15, 0.2) is 40.3 Å². The number of nitrogens with one attached hydrogen (secondary N) is 1. The standard InChI is InChI=1S/C14H14N2OS/c1-10-16-12(9-18-10)7-15-6-11-8-17-14-5-3-2-4-13(11)14/h2-5,8-9,15H,6-7H2,1H3. The molecule has 0 fully saturated rings. The highest BCUT2D eigenvalue weighted by Crippen LogP contribution is 2.20. The Morgan fingerprint density at radius 2 is 2.17 bits per heavy atom. The summed E-state index contributed by atoms with van der Waals surface area (Å²) in [5.41, 5.74) is 3.24. The number of rotatable bonds is 4. The third-order valence-electron chi connectivity index (χ3n) is 2.85. The minimum atomic E-state index is 0.795. The van der Waals surface area contributed by atoms with E-state index in [0.717, 1.165) is 29.4 Å². The van der Waals surface area contributed by atoms with Crippen molar-refractivity contribution in [2.24, 2.45) is 0 Å². The third kappa shape index (κ3) is 2.30. The highest BCUT2D eigenvalue weighted by molar-refractivity contribution is 7.09. The molecule has 0 radical (unpaired) electrons. The molecule has 4 heteroatoms. The number of hydrogen-bond donors (Lipinski definition) is 1. The summed E-state index contributed by atoms with van der Waals surface area (Å²) < 4.78 is 5.50. The van der Waals surface area contributed by atoms with E-state index < -0.39 is 0 Å². The fraction of sp³-hybridized carbons (Fsp3) is 0.214. The van der Waals surface area contributed by atoms with E-state index in [-0.39, 0.29) is 0 Å². The van der Waals surface area contributed by atoms with Crippen LogP contribution in [0.1, 0.15) is 16.3 Å². The minimum Gasteiger partial charge on any atom is -0.464 e. The lowest BCUT2D eigenvalue weighted by molar-refractivity contribution is 0.601. The summed E-state index contributed by atoms with van der Waals surface area (Å²) in [5.74, 6) is 0. The Kier molecular flexibility index (Phi) is 3.13. The summed E-state index contributed by atoms with van der Waals surface area (Å²) in [6, 6.07) is 8.09. The van der Waals surface area contributed by atoms with Gasteiger partial charge in [0.15, 0.2) is 0 Å². The summed E-state index contributed by atoms with van der Waals surface area (Å²) in [5, 5.41) is 7.78. The van der Waals surface area contributed by atoms with Crippen LogP contribution in [0.5, 0.6) is 0 Å². The van der Waals surface area contributed by atoms with Gasteiger partial charge >= 0.3 is 0 Å². The van der Waals surface area contributed by atoms with Crippen LogP contribution in [0, 0.1) is 6.92 Å². The van der Waals surface area contributed by atoms with Crippen LogP contribution in [-0.2, 0) is 13.1 Å². The van der Waals surface area contributed by atoms with Gasteiger partial charge in [-0.25, -0.2) is 4.98 Å². The van der Waals surface area contributed by atoms with Crippen molar-refractivity contribution in [3.63, 3.8) is 0 Å². The van der Waals surface area contributed by atoms with E-state index in [9.17, 15) is 0 Å². The molecule has 0 saturated heterocycles. The van der Waals surface area contributed by atoms with E-state index in [4.69, 9.17) is 4.42 Å². The molecule has 0 amide bonds. The largest absolute Gasteiger partial charge is 0.464 e. The van der Waals surface area contributed by atoms with Gasteiger partial charge in [-0.05, 0) is 13.0 Å². The van der Waals surface area contributed by atoms with Gasteiger partial charge in [-0.1, -0.05) is 18.2 Å². The SMILES string of the molecule is Cc1nc(CNCc2coc3ccccc23)cs1. The summed E-state index contributed by atoms with van der Waals surface area (Å²) in [6.45, 7) is 3.62. The Bertz CT molecular complexity index is 656. The van der Waals surface area contributed by atoms with E-state index in [1.165, 1.54) is 10.9 Å². The fourth-order valence-corrected chi connectivity index (χ4v) is 2.60. The van der Waals surface area contributed by atoms with Gasteiger partial charge in [-0.2, -0.15) is 0 Å². The summed E-state index contributed by atoms with van der Waals surface area (Å²) in [7, 11) is 0. The number of fused-ring (bicyclic) bond motifs is 1. The van der Waals surface area contributed by atoms with E-state index >= 15 is 0 Å². The first-order valence-electron chi connectivity index (χ1n) is 5.90. The van der Waals surface area contributed by atoms with Crippen LogP contribution in [0.3, 0.4) is 0 Å². The zero-order valence-electron chi connectivity index (χ0n) is 10.1. The van der Waals surface area contributed by atoms with Gasteiger partial charge in [-0.15, -0.1) is 11.3 Å². The van der Waals surface area contributed by atoms with Gasteiger partial charge in [0.2, 0.25) is 0 Å². The van der Waals surface area contributed by atoms with E-state index in [2.05, 4.69) is 21.7 Å². The average Bonchev–Trinajstić information content (AvgIpc) is 2.97. The fourth-order valence-electron chi connectivity index (χ4n) is 1.98. The number of thiazole rings is 1. The van der Waals surface area contributed by atoms with Crippen LogP contribution < -0.4 is 5.32 Å². The zero-order chi connectivity index (χ0) is 12.4. The Hall–Kier alpha value is -1.65. The smallest absolute Gasteiger partial charge is 0.134 e. The number of aromatic nitrogens is 1. The average molecular weight is 258 g/mol. The van der Waals surface area contributed by atoms with Crippen molar-refractivity contribution < 1.29 is 4.42 Å². The first-order chi connectivity index (χ1) is 8.83. The lowest BCUT2D eigenvalue weighted by Gasteiger charge is -2.00. The lowest BCUT2D eigenvalue weighted by Crippen LogP contribution is -2.12. The molecule has 3 nitrogen and oxygen atoms in total. The maximum atomic E-state index is 5.50. The van der Waals surface area contributed by atoms with E-state index in [1.54, 1.807) is 11.3 Å². The van der Waals surface area contributed by atoms with Gasteiger partial charge in [-0.3, -0.25) is 0 Å². The minimum absolute atomic E-state index is 0.795. The van der Waals surface area contributed by atoms with Crippen molar-refractivity contribution >= 4 is 22.3 Å². The lowest BCUT2D eigenvalue weighted by atomic mass is 10.2. The molecule has 92 valence electrons. The molecular weight excluding hydrogens is 244 g/mol. The number of benzene rings is 1. The number of nitrogens with zero attached hydrogens (tertiary/aromatic N) is 1. The number of hydrogen-bond acceptors (Lipinski definition) is 4.